The first-order chi connectivity index (χ1) is 9.47. The molecule has 1 aliphatic rings. The molecular formula is C13H10N2O4S. The van der Waals surface area contributed by atoms with Crippen molar-refractivity contribution in [2.24, 2.45) is 5.92 Å². The van der Waals surface area contributed by atoms with Crippen LogP contribution in [0.5, 0.6) is 5.75 Å². The van der Waals surface area contributed by atoms with E-state index in [1.165, 1.54) is 18.2 Å². The van der Waals surface area contributed by atoms with E-state index in [1.54, 1.807) is 12.1 Å². The lowest BCUT2D eigenvalue weighted by molar-refractivity contribution is -0.140. The van der Waals surface area contributed by atoms with Gasteiger partial charge in [-0.3, -0.25) is 14.4 Å². The van der Waals surface area contributed by atoms with Crippen molar-refractivity contribution < 1.29 is 19.5 Å². The lowest BCUT2D eigenvalue weighted by Crippen LogP contribution is -2.57. The highest BCUT2D eigenvalue weighted by atomic mass is 32.1. The van der Waals surface area contributed by atoms with Crippen molar-refractivity contribution >= 4 is 41.0 Å². The molecule has 1 aromatic rings. The number of phenols is 1. The third-order valence-corrected chi connectivity index (χ3v) is 2.82. The molecule has 0 bridgehead atoms. The summed E-state index contributed by atoms with van der Waals surface area (Å²) in [5.74, 6) is -3.45. The number of rotatable bonds is 3. The summed E-state index contributed by atoms with van der Waals surface area (Å²) < 4.78 is 0. The van der Waals surface area contributed by atoms with Crippen molar-refractivity contribution in [1.29, 1.82) is 0 Å². The fourth-order valence-electron chi connectivity index (χ4n) is 1.64. The summed E-state index contributed by atoms with van der Waals surface area (Å²) in [5, 5.41) is 13.5. The van der Waals surface area contributed by atoms with E-state index in [0.717, 1.165) is 6.08 Å². The Morgan fingerprint density at radius 1 is 1.15 bits per heavy atom. The van der Waals surface area contributed by atoms with Crippen LogP contribution in [0.3, 0.4) is 0 Å². The maximum atomic E-state index is 11.9. The van der Waals surface area contributed by atoms with Gasteiger partial charge >= 0.3 is 0 Å². The molecule has 6 nitrogen and oxygen atoms in total. The van der Waals surface area contributed by atoms with Gasteiger partial charge in [0.2, 0.25) is 11.8 Å². The van der Waals surface area contributed by atoms with Crippen LogP contribution in [0.4, 0.5) is 0 Å². The van der Waals surface area contributed by atoms with E-state index in [0.29, 0.717) is 5.56 Å². The fraction of sp³-hybridized carbons (Fsp3) is 0.0769. The van der Waals surface area contributed by atoms with Crippen molar-refractivity contribution in [1.82, 2.24) is 10.6 Å². The standard InChI is InChI=1S/C13H10N2O4S/c16-8-4-1-7(2-5-8)3-6-9(17)10-11(18)14-13(20)15-12(10)19/h1-6,10,16H,(H2,14,15,18,19,20)/b6-3+. The van der Waals surface area contributed by atoms with Gasteiger partial charge in [0.05, 0.1) is 0 Å². The minimum absolute atomic E-state index is 0.105. The molecular weight excluding hydrogens is 280 g/mol. The van der Waals surface area contributed by atoms with Gasteiger partial charge in [-0.25, -0.2) is 0 Å². The van der Waals surface area contributed by atoms with E-state index in [2.05, 4.69) is 22.9 Å². The molecule has 0 unspecified atom stereocenters. The monoisotopic (exact) mass is 290 g/mol. The summed E-state index contributed by atoms with van der Waals surface area (Å²) in [7, 11) is 0. The average molecular weight is 290 g/mol. The van der Waals surface area contributed by atoms with Crippen molar-refractivity contribution in [2.45, 2.75) is 0 Å². The number of phenolic OH excluding ortho intramolecular Hbond substituents is 1. The molecule has 1 aliphatic heterocycles. The van der Waals surface area contributed by atoms with Crippen LogP contribution in [0.25, 0.3) is 6.08 Å². The maximum absolute atomic E-state index is 11.9. The average Bonchev–Trinajstić information content (AvgIpc) is 2.37. The van der Waals surface area contributed by atoms with Crippen LogP contribution in [0, 0.1) is 5.92 Å². The molecule has 0 aromatic heterocycles. The van der Waals surface area contributed by atoms with Crippen LogP contribution >= 0.6 is 12.2 Å². The van der Waals surface area contributed by atoms with E-state index in [-0.39, 0.29) is 10.9 Å². The minimum Gasteiger partial charge on any atom is -0.508 e. The van der Waals surface area contributed by atoms with Crippen LogP contribution in [0.15, 0.2) is 30.3 Å². The Morgan fingerprint density at radius 3 is 2.25 bits per heavy atom. The number of benzene rings is 1. The van der Waals surface area contributed by atoms with E-state index < -0.39 is 23.5 Å². The highest BCUT2D eigenvalue weighted by Gasteiger charge is 2.37. The van der Waals surface area contributed by atoms with Crippen LogP contribution < -0.4 is 10.6 Å². The quantitative estimate of drug-likeness (QED) is 0.417. The van der Waals surface area contributed by atoms with E-state index >= 15 is 0 Å². The molecule has 0 radical (unpaired) electrons. The SMILES string of the molecule is O=C(/C=C/c1ccc(O)cc1)C1C(=O)NC(=S)NC1=O. The van der Waals surface area contributed by atoms with Gasteiger partial charge in [0.15, 0.2) is 16.8 Å². The highest BCUT2D eigenvalue weighted by molar-refractivity contribution is 7.80. The normalized spacial score (nSPS) is 16.1. The Bertz CT molecular complexity index is 602. The molecule has 0 saturated carbocycles. The minimum atomic E-state index is -1.44. The smallest absolute Gasteiger partial charge is 0.246 e. The van der Waals surface area contributed by atoms with Gasteiger partial charge in [0, 0.05) is 0 Å². The Balaban J connectivity index is 2.11. The topological polar surface area (TPSA) is 95.5 Å². The maximum Gasteiger partial charge on any atom is 0.246 e. The van der Waals surface area contributed by atoms with Gasteiger partial charge in [-0.15, -0.1) is 0 Å². The van der Waals surface area contributed by atoms with Crippen LogP contribution in [0.2, 0.25) is 0 Å². The van der Waals surface area contributed by atoms with E-state index in [9.17, 15) is 14.4 Å². The molecule has 3 N–H and O–H groups in total. The number of ketones is 1. The Labute approximate surface area is 119 Å². The largest absolute Gasteiger partial charge is 0.508 e. The van der Waals surface area contributed by atoms with Gasteiger partial charge in [-0.1, -0.05) is 18.2 Å². The first-order valence-electron chi connectivity index (χ1n) is 5.64. The zero-order chi connectivity index (χ0) is 14.7. The number of nitrogens with one attached hydrogen (secondary N) is 2. The van der Waals surface area contributed by atoms with Gasteiger partial charge in [-0.2, -0.15) is 0 Å². The number of hydrogen-bond donors (Lipinski definition) is 3. The van der Waals surface area contributed by atoms with Gasteiger partial charge in [0.25, 0.3) is 0 Å². The second kappa shape index (κ2) is 5.62. The van der Waals surface area contributed by atoms with Gasteiger partial charge in [0.1, 0.15) is 5.75 Å². The molecule has 1 heterocycles. The number of thiocarbonyl (C=S) groups is 1. The van der Waals surface area contributed by atoms with Crippen LogP contribution in [0.1, 0.15) is 5.56 Å². The summed E-state index contributed by atoms with van der Waals surface area (Å²) in [4.78, 5) is 35.0. The van der Waals surface area contributed by atoms with E-state index in [1.807, 2.05) is 0 Å². The first-order valence-corrected chi connectivity index (χ1v) is 6.05. The summed E-state index contributed by atoms with van der Waals surface area (Å²) in [5.41, 5.74) is 0.656. The number of aromatic hydroxyl groups is 1. The number of carbonyl (C=O) groups excluding carboxylic acids is 3. The van der Waals surface area contributed by atoms with Crippen molar-refractivity contribution in [3.63, 3.8) is 0 Å². The fourth-order valence-corrected chi connectivity index (χ4v) is 1.84. The predicted octanol–water partition coefficient (Wildman–Crippen LogP) is 0.122. The van der Waals surface area contributed by atoms with Crippen LogP contribution in [-0.2, 0) is 14.4 Å². The molecule has 2 rings (SSSR count). The summed E-state index contributed by atoms with van der Waals surface area (Å²) in [6, 6.07) is 6.11. The molecule has 7 heteroatoms. The third-order valence-electron chi connectivity index (χ3n) is 2.62. The zero-order valence-corrected chi connectivity index (χ0v) is 10.9. The molecule has 0 atom stereocenters. The van der Waals surface area contributed by atoms with Crippen molar-refractivity contribution in [3.05, 3.63) is 35.9 Å². The van der Waals surface area contributed by atoms with Crippen molar-refractivity contribution in [2.75, 3.05) is 0 Å². The number of hydrogen-bond acceptors (Lipinski definition) is 5. The van der Waals surface area contributed by atoms with E-state index in [4.69, 9.17) is 5.11 Å². The van der Waals surface area contributed by atoms with Crippen LogP contribution in [-0.4, -0.2) is 27.8 Å². The second-order valence-electron chi connectivity index (χ2n) is 4.07. The molecule has 2 amide bonds. The number of amides is 2. The van der Waals surface area contributed by atoms with Gasteiger partial charge in [-0.05, 0) is 36.0 Å². The molecule has 20 heavy (non-hydrogen) atoms. The Morgan fingerprint density at radius 2 is 1.70 bits per heavy atom. The number of allylic oxidation sites excluding steroid dienone is 1. The lowest BCUT2D eigenvalue weighted by Gasteiger charge is -2.20. The lowest BCUT2D eigenvalue weighted by atomic mass is 9.99. The third kappa shape index (κ3) is 3.07. The molecule has 0 aliphatic carbocycles. The molecule has 1 fully saturated rings. The highest BCUT2D eigenvalue weighted by Crippen LogP contribution is 2.12. The Kier molecular flexibility index (Phi) is 3.90. The first kappa shape index (κ1) is 13.9. The molecule has 102 valence electrons. The molecule has 1 saturated heterocycles. The molecule has 1 aromatic carbocycles. The molecule has 0 spiro atoms. The summed E-state index contributed by atoms with van der Waals surface area (Å²) in [6.45, 7) is 0. The summed E-state index contributed by atoms with van der Waals surface area (Å²) >= 11 is 4.64. The predicted molar refractivity (Wildman–Crippen MR) is 74.5 cm³/mol. The van der Waals surface area contributed by atoms with Gasteiger partial charge < -0.3 is 15.7 Å². The zero-order valence-electron chi connectivity index (χ0n) is 10.1. The second-order valence-corrected chi connectivity index (χ2v) is 4.48. The van der Waals surface area contributed by atoms with Crippen molar-refractivity contribution in [3.8, 4) is 5.75 Å². The summed E-state index contributed by atoms with van der Waals surface area (Å²) in [6.07, 6.45) is 2.60. The number of carbonyl (C=O) groups is 3. The Hall–Kier alpha value is -2.54.